The molecule has 7 heteroatoms. The number of phenolic OH excluding ortho intramolecular Hbond substituents is 1. The highest BCUT2D eigenvalue weighted by Gasteiger charge is 2.48. The summed E-state index contributed by atoms with van der Waals surface area (Å²) < 4.78 is 5.11. The molecule has 4 rings (SSSR count). The zero-order chi connectivity index (χ0) is 22.0. The third kappa shape index (κ3) is 4.17. The second-order valence-electron chi connectivity index (χ2n) is 8.32. The van der Waals surface area contributed by atoms with E-state index in [0.717, 1.165) is 24.0 Å². The number of nitrogens with zero attached hydrogens (tertiary/aromatic N) is 1. The second-order valence-corrected chi connectivity index (χ2v) is 8.32. The van der Waals surface area contributed by atoms with Crippen LogP contribution in [0.15, 0.2) is 42.5 Å². The average Bonchev–Trinajstić information content (AvgIpc) is 3.27. The molecule has 0 radical (unpaired) electrons. The van der Waals surface area contributed by atoms with E-state index in [0.29, 0.717) is 11.7 Å². The van der Waals surface area contributed by atoms with Crippen LogP contribution in [0, 0.1) is 5.92 Å². The largest absolute Gasteiger partial charge is 0.504 e. The summed E-state index contributed by atoms with van der Waals surface area (Å²) in [5, 5.41) is 22.3. The number of carbonyl (C=O) groups is 2. The van der Waals surface area contributed by atoms with Gasteiger partial charge in [-0.2, -0.15) is 0 Å². The van der Waals surface area contributed by atoms with Gasteiger partial charge in [-0.3, -0.25) is 9.69 Å². The van der Waals surface area contributed by atoms with E-state index in [4.69, 9.17) is 4.74 Å². The maximum atomic E-state index is 13.0. The van der Waals surface area contributed by atoms with Gasteiger partial charge in [0, 0.05) is 13.1 Å². The Kier molecular flexibility index (Phi) is 6.02. The minimum absolute atomic E-state index is 0.0391. The Morgan fingerprint density at radius 1 is 1.13 bits per heavy atom. The highest BCUT2D eigenvalue weighted by Crippen LogP contribution is 2.45. The number of nitrogens with one attached hydrogen (secondary N) is 1. The first-order chi connectivity index (χ1) is 15.0. The average molecular weight is 424 g/mol. The van der Waals surface area contributed by atoms with Crippen LogP contribution >= 0.6 is 0 Å². The Morgan fingerprint density at radius 2 is 1.84 bits per heavy atom. The summed E-state index contributed by atoms with van der Waals surface area (Å²) in [4.78, 5) is 26.2. The lowest BCUT2D eigenvalue weighted by Gasteiger charge is -2.46. The predicted molar refractivity (Wildman–Crippen MR) is 115 cm³/mol. The van der Waals surface area contributed by atoms with Crippen LogP contribution in [0.3, 0.4) is 0 Å². The molecule has 7 nitrogen and oxygen atoms in total. The van der Waals surface area contributed by atoms with Crippen LogP contribution in [0.25, 0.3) is 0 Å². The quantitative estimate of drug-likeness (QED) is 0.650. The van der Waals surface area contributed by atoms with Crippen molar-refractivity contribution in [3.63, 3.8) is 0 Å². The summed E-state index contributed by atoms with van der Waals surface area (Å²) in [6.45, 7) is 0.458. The topological polar surface area (TPSA) is 99.1 Å². The molecule has 2 aromatic carbocycles. The van der Waals surface area contributed by atoms with Gasteiger partial charge >= 0.3 is 6.09 Å². The van der Waals surface area contributed by atoms with Crippen molar-refractivity contribution in [1.82, 2.24) is 10.2 Å². The number of rotatable bonds is 6. The van der Waals surface area contributed by atoms with E-state index in [9.17, 15) is 19.8 Å². The molecular weight excluding hydrogens is 396 g/mol. The van der Waals surface area contributed by atoms with E-state index < -0.39 is 18.1 Å². The molecular formula is C24H28N2O5. The molecule has 2 aliphatic rings. The summed E-state index contributed by atoms with van der Waals surface area (Å²) in [5.74, 6) is 0.210. The number of aromatic hydroxyl groups is 1. The maximum absolute atomic E-state index is 13.0. The van der Waals surface area contributed by atoms with Gasteiger partial charge in [0.25, 0.3) is 0 Å². The number of carboxylic acid groups (broad SMARTS) is 1. The molecule has 2 amide bonds. The first kappa shape index (κ1) is 21.0. The van der Waals surface area contributed by atoms with Crippen molar-refractivity contribution in [3.05, 3.63) is 59.2 Å². The molecule has 1 heterocycles. The number of hydrogen-bond acceptors (Lipinski definition) is 4. The lowest BCUT2D eigenvalue weighted by molar-refractivity contribution is -0.133. The number of amides is 2. The van der Waals surface area contributed by atoms with Crippen LogP contribution in [0.5, 0.6) is 11.5 Å². The van der Waals surface area contributed by atoms with Crippen molar-refractivity contribution >= 4 is 12.0 Å². The molecule has 1 saturated heterocycles. The summed E-state index contributed by atoms with van der Waals surface area (Å²) >= 11 is 0. The van der Waals surface area contributed by atoms with Gasteiger partial charge < -0.3 is 20.3 Å². The SMILES string of the molecule is COc1cc(CNC(=O)C2CN(C(=O)O)C2c2ccccc2C2CCCC2)ccc1O. The van der Waals surface area contributed by atoms with Gasteiger partial charge in [-0.05, 0) is 47.6 Å². The maximum Gasteiger partial charge on any atom is 0.407 e. The minimum Gasteiger partial charge on any atom is -0.504 e. The number of carbonyl (C=O) groups excluding carboxylic acids is 1. The molecule has 2 unspecified atom stereocenters. The van der Waals surface area contributed by atoms with Crippen LogP contribution < -0.4 is 10.1 Å². The Hall–Kier alpha value is -3.22. The number of ether oxygens (including phenoxy) is 1. The number of hydrogen-bond donors (Lipinski definition) is 3. The van der Waals surface area contributed by atoms with Crippen molar-refractivity contribution in [3.8, 4) is 11.5 Å². The Balaban J connectivity index is 1.52. The molecule has 1 aliphatic carbocycles. The van der Waals surface area contributed by atoms with Crippen LogP contribution in [0.1, 0.15) is 54.3 Å². The number of likely N-dealkylation sites (tertiary alicyclic amines) is 1. The highest BCUT2D eigenvalue weighted by molar-refractivity contribution is 5.83. The zero-order valence-electron chi connectivity index (χ0n) is 17.6. The smallest absolute Gasteiger partial charge is 0.407 e. The van der Waals surface area contributed by atoms with Gasteiger partial charge in [-0.15, -0.1) is 0 Å². The molecule has 1 aliphatic heterocycles. The van der Waals surface area contributed by atoms with E-state index in [1.807, 2.05) is 18.2 Å². The molecule has 3 N–H and O–H groups in total. The van der Waals surface area contributed by atoms with Gasteiger partial charge in [-0.25, -0.2) is 4.79 Å². The fourth-order valence-corrected chi connectivity index (χ4v) is 4.85. The number of methoxy groups -OCH3 is 1. The Bertz CT molecular complexity index is 970. The standard InChI is InChI=1S/C24H28N2O5/c1-31-21-12-15(10-11-20(21)27)13-25-23(28)19-14-26(24(29)30)22(19)18-9-5-4-8-17(18)16-6-2-3-7-16/h4-5,8-12,16,19,22,27H,2-3,6-7,13-14H2,1H3,(H,25,28)(H,29,30). The van der Waals surface area contributed by atoms with E-state index in [-0.39, 0.29) is 24.7 Å². The van der Waals surface area contributed by atoms with Crippen LogP contribution in [0.2, 0.25) is 0 Å². The van der Waals surface area contributed by atoms with Crippen molar-refractivity contribution in [2.24, 2.45) is 5.92 Å². The van der Waals surface area contributed by atoms with E-state index in [1.54, 1.807) is 12.1 Å². The third-order valence-corrected chi connectivity index (χ3v) is 6.51. The third-order valence-electron chi connectivity index (χ3n) is 6.51. The molecule has 0 bridgehead atoms. The molecule has 164 valence electrons. The first-order valence-corrected chi connectivity index (χ1v) is 10.7. The summed E-state index contributed by atoms with van der Waals surface area (Å²) in [6, 6.07) is 12.4. The van der Waals surface area contributed by atoms with Crippen molar-refractivity contribution in [2.75, 3.05) is 13.7 Å². The molecule has 0 aromatic heterocycles. The summed E-state index contributed by atoms with van der Waals surface area (Å²) in [5.41, 5.74) is 2.92. The molecule has 1 saturated carbocycles. The molecule has 2 atom stereocenters. The molecule has 31 heavy (non-hydrogen) atoms. The van der Waals surface area contributed by atoms with Crippen molar-refractivity contribution in [1.29, 1.82) is 0 Å². The summed E-state index contributed by atoms with van der Waals surface area (Å²) in [7, 11) is 1.47. The van der Waals surface area contributed by atoms with Gasteiger partial charge in [0.2, 0.25) is 5.91 Å². The van der Waals surface area contributed by atoms with Gasteiger partial charge in [0.1, 0.15) is 0 Å². The van der Waals surface area contributed by atoms with Crippen molar-refractivity contribution < 1.29 is 24.5 Å². The Labute approximate surface area is 181 Å². The fourth-order valence-electron chi connectivity index (χ4n) is 4.85. The first-order valence-electron chi connectivity index (χ1n) is 10.7. The van der Waals surface area contributed by atoms with Crippen LogP contribution in [0.4, 0.5) is 4.79 Å². The number of benzene rings is 2. The monoisotopic (exact) mass is 424 g/mol. The van der Waals surface area contributed by atoms with Crippen LogP contribution in [-0.4, -0.2) is 40.8 Å². The van der Waals surface area contributed by atoms with E-state index >= 15 is 0 Å². The van der Waals surface area contributed by atoms with Crippen LogP contribution in [-0.2, 0) is 11.3 Å². The fraction of sp³-hybridized carbons (Fsp3) is 0.417. The lowest BCUT2D eigenvalue weighted by atomic mass is 9.78. The normalized spacial score (nSPS) is 20.9. The second kappa shape index (κ2) is 8.88. The highest BCUT2D eigenvalue weighted by atomic mass is 16.5. The molecule has 0 spiro atoms. The Morgan fingerprint density at radius 3 is 2.52 bits per heavy atom. The number of phenols is 1. The van der Waals surface area contributed by atoms with Gasteiger partial charge in [0.05, 0.1) is 19.1 Å². The molecule has 2 fully saturated rings. The van der Waals surface area contributed by atoms with Crippen molar-refractivity contribution in [2.45, 2.75) is 44.2 Å². The molecule has 2 aromatic rings. The summed E-state index contributed by atoms with van der Waals surface area (Å²) in [6.07, 6.45) is 3.59. The van der Waals surface area contributed by atoms with Gasteiger partial charge in [-0.1, -0.05) is 43.2 Å². The van der Waals surface area contributed by atoms with Gasteiger partial charge in [0.15, 0.2) is 11.5 Å². The predicted octanol–water partition coefficient (Wildman–Crippen LogP) is 4.03. The zero-order valence-corrected chi connectivity index (χ0v) is 17.6. The lowest BCUT2D eigenvalue weighted by Crippen LogP contribution is -2.57. The van der Waals surface area contributed by atoms with E-state index in [1.165, 1.54) is 36.5 Å². The van der Waals surface area contributed by atoms with E-state index in [2.05, 4.69) is 11.4 Å². The minimum atomic E-state index is -1.00.